The molecule has 2 aliphatic rings. The van der Waals surface area contributed by atoms with Gasteiger partial charge in [-0.3, -0.25) is 10.1 Å². The van der Waals surface area contributed by atoms with E-state index in [1.165, 1.54) is 9.75 Å². The van der Waals surface area contributed by atoms with Gasteiger partial charge < -0.3 is 14.4 Å². The minimum absolute atomic E-state index is 0.0247. The van der Waals surface area contributed by atoms with Crippen molar-refractivity contribution in [2.24, 2.45) is 0 Å². The van der Waals surface area contributed by atoms with Crippen LogP contribution in [0.15, 0.2) is 12.1 Å². The molecular formula is C14H20N2O3S. The third-order valence-electron chi connectivity index (χ3n) is 3.69. The molecule has 3 atom stereocenters. The second-order valence-electron chi connectivity index (χ2n) is 5.30. The van der Waals surface area contributed by atoms with Crippen LogP contribution in [0.5, 0.6) is 0 Å². The number of hydrogen-bond acceptors (Lipinski definition) is 5. The van der Waals surface area contributed by atoms with Crippen molar-refractivity contribution >= 4 is 17.2 Å². The molecule has 3 rings (SSSR count). The molecule has 2 saturated heterocycles. The zero-order valence-corrected chi connectivity index (χ0v) is 12.6. The monoisotopic (exact) mass is 296 g/mol. The van der Waals surface area contributed by atoms with Gasteiger partial charge >= 0.3 is 0 Å². The minimum atomic E-state index is -0.146. The van der Waals surface area contributed by atoms with Gasteiger partial charge in [-0.15, -0.1) is 11.3 Å². The van der Waals surface area contributed by atoms with E-state index >= 15 is 0 Å². The highest BCUT2D eigenvalue weighted by molar-refractivity contribution is 7.12. The number of hydrogen-bond donors (Lipinski definition) is 1. The van der Waals surface area contributed by atoms with Gasteiger partial charge in [0, 0.05) is 9.75 Å². The van der Waals surface area contributed by atoms with E-state index in [0.717, 1.165) is 0 Å². The molecule has 1 N–H and O–H groups in total. The number of nitrogens with one attached hydrogen (secondary N) is 1. The maximum absolute atomic E-state index is 12.3. The molecule has 1 aromatic heterocycles. The maximum atomic E-state index is 12.3. The molecule has 0 bridgehead atoms. The van der Waals surface area contributed by atoms with Gasteiger partial charge in [0.25, 0.3) is 0 Å². The number of amides is 1. The van der Waals surface area contributed by atoms with Crippen molar-refractivity contribution in [1.29, 1.82) is 0 Å². The smallest absolute Gasteiger partial charge is 0.241 e. The maximum Gasteiger partial charge on any atom is 0.241 e. The first-order valence-corrected chi connectivity index (χ1v) is 7.79. The van der Waals surface area contributed by atoms with E-state index in [-0.39, 0.29) is 24.2 Å². The first kappa shape index (κ1) is 14.0. The predicted molar refractivity (Wildman–Crippen MR) is 76.7 cm³/mol. The largest absolute Gasteiger partial charge is 0.376 e. The highest BCUT2D eigenvalue weighted by Gasteiger charge is 2.39. The van der Waals surface area contributed by atoms with Crippen molar-refractivity contribution in [3.05, 3.63) is 21.9 Å². The van der Waals surface area contributed by atoms with Crippen molar-refractivity contribution in [2.45, 2.75) is 32.2 Å². The number of ether oxygens (including phenoxy) is 2. The van der Waals surface area contributed by atoms with Crippen LogP contribution in [0.25, 0.3) is 0 Å². The Morgan fingerprint density at radius 3 is 2.95 bits per heavy atom. The Morgan fingerprint density at radius 1 is 1.45 bits per heavy atom. The number of carbonyl (C=O) groups excluding carboxylic acids is 1. The lowest BCUT2D eigenvalue weighted by atomic mass is 10.2. The molecule has 20 heavy (non-hydrogen) atoms. The van der Waals surface area contributed by atoms with Crippen LogP contribution in [-0.4, -0.2) is 49.3 Å². The van der Waals surface area contributed by atoms with Crippen molar-refractivity contribution in [2.75, 3.05) is 26.4 Å². The predicted octanol–water partition coefficient (Wildman–Crippen LogP) is 1.29. The Labute approximate surface area is 122 Å². The molecule has 0 saturated carbocycles. The van der Waals surface area contributed by atoms with Crippen LogP contribution >= 0.6 is 11.3 Å². The van der Waals surface area contributed by atoms with E-state index in [1.807, 2.05) is 11.8 Å². The molecule has 5 nitrogen and oxygen atoms in total. The lowest BCUT2D eigenvalue weighted by Gasteiger charge is -2.30. The first-order valence-electron chi connectivity index (χ1n) is 6.97. The van der Waals surface area contributed by atoms with Gasteiger partial charge in [-0.1, -0.05) is 0 Å². The van der Waals surface area contributed by atoms with Crippen LogP contribution in [0, 0.1) is 6.92 Å². The summed E-state index contributed by atoms with van der Waals surface area (Å²) in [5, 5.41) is 3.36. The van der Waals surface area contributed by atoms with Gasteiger partial charge in [-0.05, 0) is 26.0 Å². The fraction of sp³-hybridized carbons (Fsp3) is 0.643. The first-order chi connectivity index (χ1) is 9.65. The normalized spacial score (nSPS) is 31.0. The summed E-state index contributed by atoms with van der Waals surface area (Å²) in [6, 6.07) is 4.04. The van der Waals surface area contributed by atoms with Crippen LogP contribution in [0.1, 0.15) is 22.8 Å². The molecule has 0 radical (unpaired) electrons. The second kappa shape index (κ2) is 5.81. The molecule has 0 aliphatic carbocycles. The standard InChI is InChI=1S/C14H20N2O3S/c1-9-3-4-12(20-9)13-15-10(2)14(17)16(13)7-11-8-18-5-6-19-11/h3-4,10-11,13,15H,5-8H2,1-2H3. The fourth-order valence-corrected chi connectivity index (χ4v) is 3.62. The van der Waals surface area contributed by atoms with Crippen LogP contribution in [-0.2, 0) is 14.3 Å². The van der Waals surface area contributed by atoms with E-state index in [9.17, 15) is 4.79 Å². The summed E-state index contributed by atoms with van der Waals surface area (Å²) in [5.74, 6) is 0.134. The van der Waals surface area contributed by atoms with Crippen LogP contribution in [0.3, 0.4) is 0 Å². The molecule has 0 spiro atoms. The molecule has 2 aliphatic heterocycles. The molecule has 110 valence electrons. The van der Waals surface area contributed by atoms with Gasteiger partial charge in [0.2, 0.25) is 5.91 Å². The summed E-state index contributed by atoms with van der Waals surface area (Å²) in [7, 11) is 0. The van der Waals surface area contributed by atoms with Gasteiger partial charge in [-0.2, -0.15) is 0 Å². The third-order valence-corrected chi connectivity index (χ3v) is 4.74. The summed E-state index contributed by atoms with van der Waals surface area (Å²) in [4.78, 5) is 16.7. The lowest BCUT2D eigenvalue weighted by molar-refractivity contribution is -0.137. The molecule has 1 aromatic rings. The number of aryl methyl sites for hydroxylation is 1. The molecule has 2 fully saturated rings. The topological polar surface area (TPSA) is 50.8 Å². The average molecular weight is 296 g/mol. The minimum Gasteiger partial charge on any atom is -0.376 e. The van der Waals surface area contributed by atoms with Gasteiger partial charge in [0.1, 0.15) is 6.17 Å². The van der Waals surface area contributed by atoms with Crippen molar-refractivity contribution in [3.8, 4) is 0 Å². The number of nitrogens with zero attached hydrogens (tertiary/aromatic N) is 1. The summed E-state index contributed by atoms with van der Waals surface area (Å²) in [6.45, 7) is 6.39. The molecular weight excluding hydrogens is 276 g/mol. The SMILES string of the molecule is Cc1ccc(C2NC(C)C(=O)N2CC2COCCO2)s1. The zero-order valence-electron chi connectivity index (χ0n) is 11.8. The fourth-order valence-electron chi connectivity index (χ4n) is 2.67. The number of carbonyl (C=O) groups is 1. The summed E-state index contributed by atoms with van der Waals surface area (Å²) in [6.07, 6.45) is -0.0647. The lowest BCUT2D eigenvalue weighted by Crippen LogP contribution is -2.42. The van der Waals surface area contributed by atoms with E-state index in [4.69, 9.17) is 9.47 Å². The van der Waals surface area contributed by atoms with Gasteiger partial charge in [0.05, 0.1) is 38.5 Å². The summed E-state index contributed by atoms with van der Waals surface area (Å²) in [5.41, 5.74) is 0. The highest BCUT2D eigenvalue weighted by atomic mass is 32.1. The third kappa shape index (κ3) is 2.74. The van der Waals surface area contributed by atoms with Crippen molar-refractivity contribution < 1.29 is 14.3 Å². The quantitative estimate of drug-likeness (QED) is 0.913. The highest BCUT2D eigenvalue weighted by Crippen LogP contribution is 2.30. The Kier molecular flexibility index (Phi) is 4.07. The van der Waals surface area contributed by atoms with Gasteiger partial charge in [-0.25, -0.2) is 0 Å². The Morgan fingerprint density at radius 2 is 2.30 bits per heavy atom. The molecule has 3 unspecified atom stereocenters. The number of rotatable bonds is 3. The molecule has 0 aromatic carbocycles. The average Bonchev–Trinajstić information content (AvgIpc) is 2.99. The second-order valence-corrected chi connectivity index (χ2v) is 6.62. The summed E-state index contributed by atoms with van der Waals surface area (Å²) >= 11 is 1.73. The summed E-state index contributed by atoms with van der Waals surface area (Å²) < 4.78 is 11.1. The Bertz CT molecular complexity index is 485. The van der Waals surface area contributed by atoms with Crippen LogP contribution in [0.4, 0.5) is 0 Å². The van der Waals surface area contributed by atoms with Crippen molar-refractivity contribution in [3.63, 3.8) is 0 Å². The number of thiophene rings is 1. The van der Waals surface area contributed by atoms with Crippen molar-refractivity contribution in [1.82, 2.24) is 10.2 Å². The zero-order chi connectivity index (χ0) is 14.1. The van der Waals surface area contributed by atoms with E-state index < -0.39 is 0 Å². The van der Waals surface area contributed by atoms with Gasteiger partial charge in [0.15, 0.2) is 0 Å². The van der Waals surface area contributed by atoms with Crippen LogP contribution < -0.4 is 5.32 Å². The van der Waals surface area contributed by atoms with Crippen LogP contribution in [0.2, 0.25) is 0 Å². The molecule has 6 heteroatoms. The Balaban J connectivity index is 1.75. The van der Waals surface area contributed by atoms with E-state index in [1.54, 1.807) is 11.3 Å². The molecule has 1 amide bonds. The molecule has 3 heterocycles. The van der Waals surface area contributed by atoms with E-state index in [0.29, 0.717) is 26.4 Å². The Hall–Kier alpha value is -0.950. The van der Waals surface area contributed by atoms with E-state index in [2.05, 4.69) is 24.4 Å².